The molecule has 0 spiro atoms. The molecule has 18 heavy (non-hydrogen) atoms. The van der Waals surface area contributed by atoms with Crippen LogP contribution in [0.5, 0.6) is 0 Å². The summed E-state index contributed by atoms with van der Waals surface area (Å²) in [5.41, 5.74) is 1.05. The van der Waals surface area contributed by atoms with Crippen molar-refractivity contribution in [1.82, 2.24) is 4.90 Å². The molecule has 0 aliphatic carbocycles. The lowest BCUT2D eigenvalue weighted by Crippen LogP contribution is -2.36. The van der Waals surface area contributed by atoms with E-state index in [2.05, 4.69) is 32.2 Å². The first-order valence-corrected chi connectivity index (χ1v) is 7.77. The fourth-order valence-corrected chi connectivity index (χ4v) is 2.92. The quantitative estimate of drug-likeness (QED) is 0.769. The Bertz CT molecular complexity index is 401. The Morgan fingerprint density at radius 3 is 2.44 bits per heavy atom. The zero-order valence-corrected chi connectivity index (χ0v) is 12.9. The van der Waals surface area contributed by atoms with E-state index in [1.165, 1.54) is 32.1 Å². The maximum Gasteiger partial charge on any atom is 0.173 e. The summed E-state index contributed by atoms with van der Waals surface area (Å²) in [5.74, 6) is 0. The van der Waals surface area contributed by atoms with Crippen molar-refractivity contribution in [2.24, 2.45) is 0 Å². The number of hydrogen-bond acceptors (Lipinski definition) is 1. The molecular weight excluding hydrogens is 308 g/mol. The Hall–Kier alpha value is -0.610. The van der Waals surface area contributed by atoms with Crippen molar-refractivity contribution in [1.29, 1.82) is 0 Å². The van der Waals surface area contributed by atoms with E-state index >= 15 is 0 Å². The number of rotatable bonds is 1. The smallest absolute Gasteiger partial charge is 0.173 e. The van der Waals surface area contributed by atoms with Gasteiger partial charge in [-0.15, -0.1) is 0 Å². The molecule has 0 saturated carbocycles. The molecule has 1 N–H and O–H groups in total. The number of nitrogens with one attached hydrogen (secondary N) is 1. The van der Waals surface area contributed by atoms with E-state index < -0.39 is 0 Å². The number of anilines is 1. The lowest BCUT2D eigenvalue weighted by atomic mass is 10.1. The fourth-order valence-electron chi connectivity index (χ4n) is 2.22. The van der Waals surface area contributed by atoms with Gasteiger partial charge in [0.2, 0.25) is 0 Å². The fraction of sp³-hybridized carbons (Fsp3) is 0.500. The minimum Gasteiger partial charge on any atom is -0.349 e. The molecule has 0 bridgehead atoms. The molecule has 1 heterocycles. The summed E-state index contributed by atoms with van der Waals surface area (Å²) in [7, 11) is 0. The van der Waals surface area contributed by atoms with Crippen LogP contribution in [0.4, 0.5) is 5.69 Å². The first-order valence-electron chi connectivity index (χ1n) is 6.57. The van der Waals surface area contributed by atoms with Crippen molar-refractivity contribution < 1.29 is 0 Å². The molecule has 0 aromatic heterocycles. The molecule has 1 fully saturated rings. The van der Waals surface area contributed by atoms with Crippen molar-refractivity contribution in [2.75, 3.05) is 18.4 Å². The standard InChI is InChI=1S/C14H19BrN2S/c15-12-7-6-8-13(11-12)16-14(18)17-9-4-2-1-3-5-10-17/h6-8,11H,1-5,9-10H2,(H,16,18). The second-order valence-corrected chi connectivity index (χ2v) is 6.00. The third kappa shape index (κ3) is 4.25. The lowest BCUT2D eigenvalue weighted by Gasteiger charge is -2.27. The summed E-state index contributed by atoms with van der Waals surface area (Å²) in [4.78, 5) is 2.30. The topological polar surface area (TPSA) is 15.3 Å². The van der Waals surface area contributed by atoms with Gasteiger partial charge >= 0.3 is 0 Å². The summed E-state index contributed by atoms with van der Waals surface area (Å²) in [6.07, 6.45) is 6.53. The molecule has 0 atom stereocenters. The third-order valence-corrected chi connectivity index (χ3v) is 4.07. The second-order valence-electron chi connectivity index (χ2n) is 4.70. The zero-order chi connectivity index (χ0) is 12.8. The molecule has 2 nitrogen and oxygen atoms in total. The summed E-state index contributed by atoms with van der Waals surface area (Å²) in [6, 6.07) is 8.13. The van der Waals surface area contributed by atoms with Crippen LogP contribution in [0.25, 0.3) is 0 Å². The molecule has 98 valence electrons. The van der Waals surface area contributed by atoms with Gasteiger partial charge in [0.05, 0.1) is 0 Å². The lowest BCUT2D eigenvalue weighted by molar-refractivity contribution is 0.366. The van der Waals surface area contributed by atoms with Crippen LogP contribution in [0.2, 0.25) is 0 Å². The Kier molecular flexibility index (Phi) is 5.45. The summed E-state index contributed by atoms with van der Waals surface area (Å²) in [5, 5.41) is 4.18. The van der Waals surface area contributed by atoms with E-state index in [1.807, 2.05) is 18.2 Å². The van der Waals surface area contributed by atoms with E-state index in [0.717, 1.165) is 28.4 Å². The SMILES string of the molecule is S=C(Nc1cccc(Br)c1)N1CCCCCCC1. The molecule has 1 aromatic rings. The van der Waals surface area contributed by atoms with Gasteiger partial charge in [-0.3, -0.25) is 0 Å². The number of halogens is 1. The van der Waals surface area contributed by atoms with Crippen LogP contribution in [0.3, 0.4) is 0 Å². The monoisotopic (exact) mass is 326 g/mol. The van der Waals surface area contributed by atoms with E-state index in [4.69, 9.17) is 12.2 Å². The molecule has 1 aliphatic heterocycles. The van der Waals surface area contributed by atoms with Gasteiger partial charge < -0.3 is 10.2 Å². The van der Waals surface area contributed by atoms with E-state index in [-0.39, 0.29) is 0 Å². The first kappa shape index (κ1) is 13.8. The van der Waals surface area contributed by atoms with Gasteiger partial charge in [-0.05, 0) is 43.3 Å². The molecule has 2 rings (SSSR count). The Balaban J connectivity index is 1.93. The predicted molar refractivity (Wildman–Crippen MR) is 85.0 cm³/mol. The van der Waals surface area contributed by atoms with Gasteiger partial charge in [0.25, 0.3) is 0 Å². The summed E-state index contributed by atoms with van der Waals surface area (Å²) >= 11 is 8.98. The molecule has 0 amide bonds. The van der Waals surface area contributed by atoms with Crippen molar-refractivity contribution in [3.8, 4) is 0 Å². The Morgan fingerprint density at radius 2 is 1.78 bits per heavy atom. The number of benzene rings is 1. The Morgan fingerprint density at radius 1 is 1.11 bits per heavy atom. The molecule has 0 radical (unpaired) electrons. The average molecular weight is 327 g/mol. The van der Waals surface area contributed by atoms with Crippen LogP contribution < -0.4 is 5.32 Å². The van der Waals surface area contributed by atoms with Crippen LogP contribution in [0.15, 0.2) is 28.7 Å². The van der Waals surface area contributed by atoms with E-state index in [1.54, 1.807) is 0 Å². The average Bonchev–Trinajstić information content (AvgIpc) is 2.28. The molecule has 0 unspecified atom stereocenters. The Labute approximate surface area is 123 Å². The highest BCUT2D eigenvalue weighted by molar-refractivity contribution is 9.10. The van der Waals surface area contributed by atoms with Crippen LogP contribution in [0.1, 0.15) is 32.1 Å². The molecule has 1 aliphatic rings. The van der Waals surface area contributed by atoms with Crippen LogP contribution >= 0.6 is 28.1 Å². The predicted octanol–water partition coefficient (Wildman–Crippen LogP) is 4.41. The summed E-state index contributed by atoms with van der Waals surface area (Å²) < 4.78 is 1.07. The van der Waals surface area contributed by atoms with Crippen molar-refractivity contribution in [3.05, 3.63) is 28.7 Å². The van der Waals surface area contributed by atoms with Gasteiger partial charge in [-0.25, -0.2) is 0 Å². The minimum atomic E-state index is 0.856. The van der Waals surface area contributed by atoms with Crippen molar-refractivity contribution >= 4 is 38.9 Å². The number of likely N-dealkylation sites (tertiary alicyclic amines) is 1. The normalized spacial score (nSPS) is 16.8. The highest BCUT2D eigenvalue weighted by atomic mass is 79.9. The highest BCUT2D eigenvalue weighted by Gasteiger charge is 2.11. The van der Waals surface area contributed by atoms with Gasteiger partial charge in [-0.1, -0.05) is 41.3 Å². The minimum absolute atomic E-state index is 0.856. The molecule has 1 saturated heterocycles. The second kappa shape index (κ2) is 7.10. The van der Waals surface area contributed by atoms with Gasteiger partial charge in [0.15, 0.2) is 5.11 Å². The largest absolute Gasteiger partial charge is 0.349 e. The van der Waals surface area contributed by atoms with Crippen LogP contribution in [-0.4, -0.2) is 23.1 Å². The van der Waals surface area contributed by atoms with E-state index in [9.17, 15) is 0 Å². The summed E-state index contributed by atoms with van der Waals surface area (Å²) in [6.45, 7) is 2.17. The maximum absolute atomic E-state index is 5.50. The zero-order valence-electron chi connectivity index (χ0n) is 10.5. The van der Waals surface area contributed by atoms with Crippen molar-refractivity contribution in [2.45, 2.75) is 32.1 Å². The molecule has 4 heteroatoms. The van der Waals surface area contributed by atoms with E-state index in [0.29, 0.717) is 0 Å². The highest BCUT2D eigenvalue weighted by Crippen LogP contribution is 2.17. The molecular formula is C14H19BrN2S. The molecule has 1 aromatic carbocycles. The van der Waals surface area contributed by atoms with Crippen molar-refractivity contribution in [3.63, 3.8) is 0 Å². The third-order valence-electron chi connectivity index (χ3n) is 3.22. The van der Waals surface area contributed by atoms with Gasteiger partial charge in [-0.2, -0.15) is 0 Å². The first-order chi connectivity index (χ1) is 8.75. The van der Waals surface area contributed by atoms with Gasteiger partial charge in [0.1, 0.15) is 0 Å². The van der Waals surface area contributed by atoms with Crippen LogP contribution in [-0.2, 0) is 0 Å². The maximum atomic E-state index is 5.50. The number of nitrogens with zero attached hydrogens (tertiary/aromatic N) is 1. The number of thiocarbonyl (C=S) groups is 1. The number of hydrogen-bond donors (Lipinski definition) is 1. The van der Waals surface area contributed by atoms with Gasteiger partial charge in [0, 0.05) is 23.2 Å². The van der Waals surface area contributed by atoms with Crippen LogP contribution in [0, 0.1) is 0 Å².